The van der Waals surface area contributed by atoms with E-state index in [1.165, 1.54) is 24.2 Å². The molecule has 2 aromatic heterocycles. The van der Waals surface area contributed by atoms with Gasteiger partial charge in [0.2, 0.25) is 5.91 Å². The van der Waals surface area contributed by atoms with Gasteiger partial charge in [0.25, 0.3) is 5.19 Å². The molecule has 0 spiro atoms. The van der Waals surface area contributed by atoms with E-state index in [0.717, 1.165) is 46.8 Å². The highest BCUT2D eigenvalue weighted by Crippen LogP contribution is 2.36. The molecule has 174 valence electrons. The number of hydrogen-bond acceptors (Lipinski definition) is 8. The van der Waals surface area contributed by atoms with Crippen molar-refractivity contribution >= 4 is 27.6 Å². The molecule has 0 saturated carbocycles. The number of fused-ring (bicyclic) bond motifs is 3. The largest absolute Gasteiger partial charge is 0.492 e. The summed E-state index contributed by atoms with van der Waals surface area (Å²) < 4.78 is 13.0. The van der Waals surface area contributed by atoms with Crippen LogP contribution >= 0.6 is 11.3 Å². The third kappa shape index (κ3) is 5.10. The van der Waals surface area contributed by atoms with Crippen LogP contribution in [0.25, 0.3) is 10.3 Å². The quantitative estimate of drug-likeness (QED) is 0.498. The summed E-state index contributed by atoms with van der Waals surface area (Å²) in [6.07, 6.45) is 6.33. The Morgan fingerprint density at radius 2 is 1.91 bits per heavy atom. The number of nitrogens with two attached hydrogens (primary N) is 1. The summed E-state index contributed by atoms with van der Waals surface area (Å²) in [4.78, 5) is 22.4. The molecule has 1 amide bonds. The van der Waals surface area contributed by atoms with Crippen molar-refractivity contribution in [3.05, 3.63) is 42.1 Å². The zero-order chi connectivity index (χ0) is 22.8. The number of amides is 1. The summed E-state index contributed by atoms with van der Waals surface area (Å²) in [5.41, 5.74) is 7.14. The summed E-state index contributed by atoms with van der Waals surface area (Å²) in [5.74, 6) is 1.26. The number of piperidine rings is 1. The predicted octanol–water partition coefficient (Wildman–Crippen LogP) is 3.24. The first-order valence-corrected chi connectivity index (χ1v) is 12.3. The van der Waals surface area contributed by atoms with Crippen LogP contribution in [0.15, 0.2) is 36.5 Å². The van der Waals surface area contributed by atoms with Gasteiger partial charge in [0.15, 0.2) is 5.65 Å². The molecule has 8 nitrogen and oxygen atoms in total. The van der Waals surface area contributed by atoms with Crippen molar-refractivity contribution in [1.82, 2.24) is 20.2 Å². The van der Waals surface area contributed by atoms with E-state index in [0.29, 0.717) is 29.9 Å². The third-order valence-corrected chi connectivity index (χ3v) is 7.62. The van der Waals surface area contributed by atoms with Gasteiger partial charge in [-0.2, -0.15) is 4.98 Å². The highest BCUT2D eigenvalue weighted by molar-refractivity contribution is 7.20. The van der Waals surface area contributed by atoms with Gasteiger partial charge in [-0.15, -0.1) is 0 Å². The van der Waals surface area contributed by atoms with Crippen molar-refractivity contribution in [1.29, 1.82) is 0 Å². The molecule has 33 heavy (non-hydrogen) atoms. The zero-order valence-corrected chi connectivity index (χ0v) is 19.5. The van der Waals surface area contributed by atoms with Crippen LogP contribution in [0.2, 0.25) is 0 Å². The van der Waals surface area contributed by atoms with Gasteiger partial charge in [-0.3, -0.25) is 9.69 Å². The van der Waals surface area contributed by atoms with Crippen molar-refractivity contribution in [3.8, 4) is 16.7 Å². The molecular weight excluding hydrogens is 438 g/mol. The standard InChI is InChI=1S/C24H29N5O3S/c1-15-8-9-26-23-22(15)33-24(28-23)32-20-6-4-19(5-7-20)31-11-10-29-17-2-3-18(29)13-16(12-17)27-14-21(25)30/h4-9,16-18,27H,2-3,10-14H2,1H3,(H2,25,30)/t16?,17-,18+. The first-order valence-electron chi connectivity index (χ1n) is 11.5. The number of thiazole rings is 1. The van der Waals surface area contributed by atoms with Gasteiger partial charge in [-0.1, -0.05) is 11.3 Å². The van der Waals surface area contributed by atoms with Crippen LogP contribution in [0, 0.1) is 6.92 Å². The number of primary amides is 1. The van der Waals surface area contributed by atoms with Gasteiger partial charge in [0, 0.05) is 30.9 Å². The first-order chi connectivity index (χ1) is 16.0. The van der Waals surface area contributed by atoms with Crippen molar-refractivity contribution in [2.24, 2.45) is 5.73 Å². The minimum Gasteiger partial charge on any atom is -0.492 e. The van der Waals surface area contributed by atoms with Gasteiger partial charge >= 0.3 is 0 Å². The Hall–Kier alpha value is -2.75. The lowest BCUT2D eigenvalue weighted by Crippen LogP contribution is -2.51. The number of aromatic nitrogens is 2. The molecule has 5 rings (SSSR count). The monoisotopic (exact) mass is 467 g/mol. The Bertz CT molecular complexity index is 1100. The number of carbonyl (C=O) groups is 1. The summed E-state index contributed by atoms with van der Waals surface area (Å²) in [6, 6.07) is 11.1. The normalized spacial score (nSPS) is 22.5. The lowest BCUT2D eigenvalue weighted by Gasteiger charge is -2.39. The first kappa shape index (κ1) is 22.1. The second-order valence-corrected chi connectivity index (χ2v) is 9.78. The molecule has 0 radical (unpaired) electrons. The lowest BCUT2D eigenvalue weighted by atomic mass is 9.97. The fourth-order valence-corrected chi connectivity index (χ4v) is 5.86. The Labute approximate surface area is 197 Å². The molecule has 2 saturated heterocycles. The number of hydrogen-bond donors (Lipinski definition) is 2. The minimum absolute atomic E-state index is 0.266. The van der Waals surface area contributed by atoms with Gasteiger partial charge < -0.3 is 20.5 Å². The maximum absolute atomic E-state index is 11.0. The number of ether oxygens (including phenoxy) is 2. The zero-order valence-electron chi connectivity index (χ0n) is 18.7. The highest BCUT2D eigenvalue weighted by Gasteiger charge is 2.40. The van der Waals surface area contributed by atoms with Crippen LogP contribution in [0.3, 0.4) is 0 Å². The second kappa shape index (κ2) is 9.62. The van der Waals surface area contributed by atoms with Crippen LogP contribution in [0.4, 0.5) is 0 Å². The summed E-state index contributed by atoms with van der Waals surface area (Å²) in [6.45, 7) is 3.87. The Morgan fingerprint density at radius 3 is 2.61 bits per heavy atom. The molecule has 3 atom stereocenters. The summed E-state index contributed by atoms with van der Waals surface area (Å²) >= 11 is 1.50. The smallest absolute Gasteiger partial charge is 0.281 e. The van der Waals surface area contributed by atoms with E-state index in [2.05, 4.69) is 20.2 Å². The van der Waals surface area contributed by atoms with Gasteiger partial charge in [0.05, 0.1) is 11.2 Å². The van der Waals surface area contributed by atoms with Crippen LogP contribution in [-0.4, -0.2) is 58.6 Å². The molecule has 2 aliphatic rings. The Kier molecular flexibility index (Phi) is 6.43. The predicted molar refractivity (Wildman–Crippen MR) is 128 cm³/mol. The molecule has 1 unspecified atom stereocenters. The second-order valence-electron chi connectivity index (χ2n) is 8.82. The van der Waals surface area contributed by atoms with E-state index in [4.69, 9.17) is 15.2 Å². The van der Waals surface area contributed by atoms with Crippen LogP contribution < -0.4 is 20.5 Å². The SMILES string of the molecule is Cc1ccnc2nc(Oc3ccc(OCCN4[C@@H]5CC[C@H]4CC(NCC(N)=O)C5)cc3)sc12. The van der Waals surface area contributed by atoms with Crippen LogP contribution in [0.1, 0.15) is 31.2 Å². The topological polar surface area (TPSA) is 103 Å². The van der Waals surface area contributed by atoms with E-state index in [1.807, 2.05) is 37.3 Å². The number of rotatable bonds is 9. The van der Waals surface area contributed by atoms with Crippen molar-refractivity contribution in [3.63, 3.8) is 0 Å². The van der Waals surface area contributed by atoms with Crippen LogP contribution in [-0.2, 0) is 4.79 Å². The average Bonchev–Trinajstić information content (AvgIpc) is 3.31. The average molecular weight is 468 g/mol. The van der Waals surface area contributed by atoms with E-state index in [9.17, 15) is 4.79 Å². The molecule has 3 N–H and O–H groups in total. The molecular formula is C24H29N5O3S. The highest BCUT2D eigenvalue weighted by atomic mass is 32.1. The number of pyridine rings is 1. The maximum atomic E-state index is 11.0. The van der Waals surface area contributed by atoms with Gasteiger partial charge in [-0.25, -0.2) is 4.98 Å². The fourth-order valence-electron chi connectivity index (χ4n) is 5.00. The van der Waals surface area contributed by atoms with Gasteiger partial charge in [-0.05, 0) is 68.5 Å². The number of nitrogens with zero attached hydrogens (tertiary/aromatic N) is 3. The van der Waals surface area contributed by atoms with Crippen molar-refractivity contribution in [2.45, 2.75) is 50.7 Å². The Balaban J connectivity index is 1.10. The van der Waals surface area contributed by atoms with Crippen LogP contribution in [0.5, 0.6) is 16.7 Å². The van der Waals surface area contributed by atoms with E-state index in [1.54, 1.807) is 6.20 Å². The molecule has 3 aromatic rings. The maximum Gasteiger partial charge on any atom is 0.281 e. The van der Waals surface area contributed by atoms with E-state index >= 15 is 0 Å². The third-order valence-electron chi connectivity index (χ3n) is 6.57. The minimum atomic E-state index is -0.290. The number of benzene rings is 1. The summed E-state index contributed by atoms with van der Waals surface area (Å²) in [5, 5.41) is 3.89. The molecule has 2 bridgehead atoms. The molecule has 9 heteroatoms. The number of nitrogens with one attached hydrogen (secondary N) is 1. The molecule has 4 heterocycles. The van der Waals surface area contributed by atoms with E-state index < -0.39 is 0 Å². The van der Waals surface area contributed by atoms with Crippen molar-refractivity contribution in [2.75, 3.05) is 19.7 Å². The van der Waals surface area contributed by atoms with E-state index in [-0.39, 0.29) is 12.5 Å². The molecule has 2 aliphatic heterocycles. The van der Waals surface area contributed by atoms with Gasteiger partial charge in [0.1, 0.15) is 18.1 Å². The molecule has 1 aromatic carbocycles. The Morgan fingerprint density at radius 1 is 1.18 bits per heavy atom. The fraction of sp³-hybridized carbons (Fsp3) is 0.458. The lowest BCUT2D eigenvalue weighted by molar-refractivity contribution is -0.117. The number of carbonyl (C=O) groups excluding carboxylic acids is 1. The molecule has 2 fully saturated rings. The number of aryl methyl sites for hydroxylation is 1. The molecule has 0 aliphatic carbocycles. The van der Waals surface area contributed by atoms with Crippen molar-refractivity contribution < 1.29 is 14.3 Å². The summed E-state index contributed by atoms with van der Waals surface area (Å²) in [7, 11) is 0.